The largest absolute Gasteiger partial charge is 0.481 e. The lowest BCUT2D eigenvalue weighted by atomic mass is 9.98. The van der Waals surface area contributed by atoms with Crippen LogP contribution in [-0.4, -0.2) is 35.2 Å². The molecule has 0 radical (unpaired) electrons. The minimum Gasteiger partial charge on any atom is -0.481 e. The Labute approximate surface area is 110 Å². The fourth-order valence-electron chi connectivity index (χ4n) is 2.28. The van der Waals surface area contributed by atoms with E-state index in [-0.39, 0.29) is 12.3 Å². The summed E-state index contributed by atoms with van der Waals surface area (Å²) in [6, 6.07) is 3.53. The molecule has 0 spiro atoms. The van der Waals surface area contributed by atoms with Crippen molar-refractivity contribution in [3.63, 3.8) is 0 Å². The van der Waals surface area contributed by atoms with Gasteiger partial charge in [-0.15, -0.1) is 0 Å². The quantitative estimate of drug-likeness (QED) is 0.842. The minimum absolute atomic E-state index is 0.0324. The summed E-state index contributed by atoms with van der Waals surface area (Å²) >= 11 is 0. The number of rotatable bonds is 5. The molecule has 6 heteroatoms. The fraction of sp³-hybridized carbons (Fsp3) is 0.538. The van der Waals surface area contributed by atoms with Crippen LogP contribution in [0.5, 0.6) is 0 Å². The van der Waals surface area contributed by atoms with Gasteiger partial charge in [0.25, 0.3) is 0 Å². The molecule has 2 rings (SSSR count). The van der Waals surface area contributed by atoms with E-state index in [1.807, 2.05) is 4.90 Å². The van der Waals surface area contributed by atoms with E-state index < -0.39 is 11.9 Å². The van der Waals surface area contributed by atoms with Gasteiger partial charge in [0.2, 0.25) is 0 Å². The topological polar surface area (TPSA) is 91.0 Å². The Morgan fingerprint density at radius 3 is 2.84 bits per heavy atom. The van der Waals surface area contributed by atoms with Gasteiger partial charge in [-0.2, -0.15) is 0 Å². The summed E-state index contributed by atoms with van der Waals surface area (Å²) in [7, 11) is 0. The first kappa shape index (κ1) is 13.5. The lowest BCUT2D eigenvalue weighted by Crippen LogP contribution is -2.38. The van der Waals surface area contributed by atoms with Gasteiger partial charge in [0.15, 0.2) is 5.88 Å². The number of furan rings is 1. The molecule has 1 aliphatic rings. The van der Waals surface area contributed by atoms with E-state index in [0.717, 1.165) is 13.0 Å². The van der Waals surface area contributed by atoms with Crippen molar-refractivity contribution in [2.24, 2.45) is 5.92 Å². The van der Waals surface area contributed by atoms with E-state index in [1.54, 1.807) is 12.1 Å². The Bertz CT molecular complexity index is 467. The second-order valence-corrected chi connectivity index (χ2v) is 4.76. The van der Waals surface area contributed by atoms with Crippen LogP contribution in [0.2, 0.25) is 0 Å². The van der Waals surface area contributed by atoms with Gasteiger partial charge in [-0.3, -0.25) is 9.59 Å². The Kier molecular flexibility index (Phi) is 4.09. The van der Waals surface area contributed by atoms with Crippen molar-refractivity contribution in [3.05, 3.63) is 17.9 Å². The van der Waals surface area contributed by atoms with Crippen molar-refractivity contribution in [2.45, 2.75) is 25.7 Å². The maximum Gasteiger partial charge on any atom is 0.308 e. The monoisotopic (exact) mass is 267 g/mol. The molecule has 0 aliphatic carbocycles. The molecule has 0 saturated carbocycles. The van der Waals surface area contributed by atoms with Gasteiger partial charge in [0.1, 0.15) is 5.76 Å². The maximum absolute atomic E-state index is 11.0. The molecule has 1 unspecified atom stereocenters. The highest BCUT2D eigenvalue weighted by molar-refractivity contribution is 5.71. The second kappa shape index (κ2) is 5.77. The summed E-state index contributed by atoms with van der Waals surface area (Å²) in [5, 5.41) is 17.6. The van der Waals surface area contributed by atoms with E-state index in [9.17, 15) is 9.59 Å². The highest BCUT2D eigenvalue weighted by Crippen LogP contribution is 2.25. The van der Waals surface area contributed by atoms with Crippen LogP contribution in [0.25, 0.3) is 0 Å². The summed E-state index contributed by atoms with van der Waals surface area (Å²) in [5.74, 6) is -0.744. The average molecular weight is 267 g/mol. The van der Waals surface area contributed by atoms with Crippen LogP contribution in [0.1, 0.15) is 25.0 Å². The summed E-state index contributed by atoms with van der Waals surface area (Å²) in [4.78, 5) is 23.4. The Morgan fingerprint density at radius 1 is 1.37 bits per heavy atom. The zero-order valence-electron chi connectivity index (χ0n) is 10.5. The van der Waals surface area contributed by atoms with E-state index in [1.165, 1.54) is 0 Å². The van der Waals surface area contributed by atoms with Gasteiger partial charge in [-0.1, -0.05) is 0 Å². The SMILES string of the molecule is O=C(O)CCc1ccc(N2CCCC(C(=O)O)C2)o1. The van der Waals surface area contributed by atoms with Crippen molar-refractivity contribution in [2.75, 3.05) is 18.0 Å². The molecule has 6 nitrogen and oxygen atoms in total. The predicted octanol–water partition coefficient (Wildman–Crippen LogP) is 1.60. The van der Waals surface area contributed by atoms with Gasteiger partial charge >= 0.3 is 11.9 Å². The minimum atomic E-state index is -0.859. The van der Waals surface area contributed by atoms with Crippen LogP contribution in [-0.2, 0) is 16.0 Å². The first-order valence-corrected chi connectivity index (χ1v) is 6.34. The first-order chi connectivity index (χ1) is 9.06. The Balaban J connectivity index is 1.97. The number of hydrogen-bond acceptors (Lipinski definition) is 4. The molecule has 19 heavy (non-hydrogen) atoms. The lowest BCUT2D eigenvalue weighted by molar-refractivity contribution is -0.142. The number of hydrogen-bond donors (Lipinski definition) is 2. The standard InChI is InChI=1S/C13H17NO5/c15-12(16)6-4-10-3-5-11(19-10)14-7-1-2-9(8-14)13(17)18/h3,5,9H,1-2,4,6-8H2,(H,15,16)(H,17,18). The summed E-state index contributed by atoms with van der Waals surface area (Å²) in [6.07, 6.45) is 1.90. The number of carbonyl (C=O) groups is 2. The number of piperidine rings is 1. The van der Waals surface area contributed by atoms with Gasteiger partial charge < -0.3 is 19.5 Å². The van der Waals surface area contributed by atoms with Crippen LogP contribution >= 0.6 is 0 Å². The molecule has 1 aromatic heterocycles. The van der Waals surface area contributed by atoms with Crippen LogP contribution in [0.4, 0.5) is 5.88 Å². The summed E-state index contributed by atoms with van der Waals surface area (Å²) < 4.78 is 5.57. The third-order valence-electron chi connectivity index (χ3n) is 3.32. The molecular weight excluding hydrogens is 250 g/mol. The van der Waals surface area contributed by atoms with Gasteiger partial charge in [-0.05, 0) is 18.9 Å². The van der Waals surface area contributed by atoms with E-state index in [0.29, 0.717) is 31.0 Å². The molecule has 1 saturated heterocycles. The second-order valence-electron chi connectivity index (χ2n) is 4.76. The van der Waals surface area contributed by atoms with Crippen molar-refractivity contribution in [1.29, 1.82) is 0 Å². The molecule has 0 bridgehead atoms. The van der Waals surface area contributed by atoms with Gasteiger partial charge in [0.05, 0.1) is 12.3 Å². The fourth-order valence-corrected chi connectivity index (χ4v) is 2.28. The molecule has 1 aliphatic heterocycles. The normalized spacial score (nSPS) is 19.4. The number of aliphatic carboxylic acids is 2. The molecule has 2 N–H and O–H groups in total. The van der Waals surface area contributed by atoms with Crippen LogP contribution in [0.15, 0.2) is 16.5 Å². The van der Waals surface area contributed by atoms with Gasteiger partial charge in [0, 0.05) is 25.6 Å². The van der Waals surface area contributed by atoms with Crippen LogP contribution in [0, 0.1) is 5.92 Å². The van der Waals surface area contributed by atoms with E-state index in [2.05, 4.69) is 0 Å². The molecule has 0 amide bonds. The molecule has 1 atom stereocenters. The van der Waals surface area contributed by atoms with Crippen molar-refractivity contribution >= 4 is 17.8 Å². The molecule has 1 aromatic rings. The van der Waals surface area contributed by atoms with Crippen molar-refractivity contribution < 1.29 is 24.2 Å². The predicted molar refractivity (Wildman–Crippen MR) is 67.2 cm³/mol. The van der Waals surface area contributed by atoms with Gasteiger partial charge in [-0.25, -0.2) is 0 Å². The van der Waals surface area contributed by atoms with Crippen LogP contribution < -0.4 is 4.90 Å². The highest BCUT2D eigenvalue weighted by atomic mass is 16.4. The van der Waals surface area contributed by atoms with Crippen molar-refractivity contribution in [1.82, 2.24) is 0 Å². The number of nitrogens with zero attached hydrogens (tertiary/aromatic N) is 1. The smallest absolute Gasteiger partial charge is 0.308 e. The van der Waals surface area contributed by atoms with E-state index >= 15 is 0 Å². The molecular formula is C13H17NO5. The van der Waals surface area contributed by atoms with E-state index in [4.69, 9.17) is 14.6 Å². The summed E-state index contributed by atoms with van der Waals surface area (Å²) in [6.45, 7) is 1.22. The van der Waals surface area contributed by atoms with Crippen LogP contribution in [0.3, 0.4) is 0 Å². The number of anilines is 1. The molecule has 2 heterocycles. The van der Waals surface area contributed by atoms with Crippen molar-refractivity contribution in [3.8, 4) is 0 Å². The third kappa shape index (κ3) is 3.49. The molecule has 1 fully saturated rings. The highest BCUT2D eigenvalue weighted by Gasteiger charge is 2.26. The third-order valence-corrected chi connectivity index (χ3v) is 3.32. The molecule has 104 valence electrons. The average Bonchev–Trinajstić information content (AvgIpc) is 2.85. The molecule has 0 aromatic carbocycles. The number of aryl methyl sites for hydroxylation is 1. The Hall–Kier alpha value is -1.98. The number of carboxylic acid groups (broad SMARTS) is 2. The Morgan fingerprint density at radius 2 is 2.16 bits per heavy atom. The number of carboxylic acids is 2. The zero-order valence-corrected chi connectivity index (χ0v) is 10.5. The summed E-state index contributed by atoms with van der Waals surface area (Å²) in [5.41, 5.74) is 0. The lowest BCUT2D eigenvalue weighted by Gasteiger charge is -2.30. The maximum atomic E-state index is 11.0. The first-order valence-electron chi connectivity index (χ1n) is 6.34. The zero-order chi connectivity index (χ0) is 13.8.